The van der Waals surface area contributed by atoms with Gasteiger partial charge >= 0.3 is 0 Å². The molecular formula is C18H22N4O4. The van der Waals surface area contributed by atoms with Crippen LogP contribution in [0.15, 0.2) is 54.6 Å². The average molecular weight is 358 g/mol. The molecule has 0 heterocycles. The maximum Gasteiger partial charge on any atom is 0.269 e. The zero-order chi connectivity index (χ0) is 19.1. The maximum atomic E-state index is 12.1. The van der Waals surface area contributed by atoms with Gasteiger partial charge in [0, 0.05) is 18.7 Å². The molecule has 2 aromatic rings. The van der Waals surface area contributed by atoms with Gasteiger partial charge in [-0.3, -0.25) is 14.9 Å². The Morgan fingerprint density at radius 3 is 2.31 bits per heavy atom. The summed E-state index contributed by atoms with van der Waals surface area (Å²) in [6.07, 6.45) is -0.672. The molecular weight excluding hydrogens is 336 g/mol. The molecule has 2 aromatic carbocycles. The van der Waals surface area contributed by atoms with Crippen LogP contribution in [-0.2, 0) is 11.2 Å². The second-order valence-corrected chi connectivity index (χ2v) is 6.00. The van der Waals surface area contributed by atoms with Crippen LogP contribution in [0.25, 0.3) is 0 Å². The highest BCUT2D eigenvalue weighted by Gasteiger charge is 2.20. The Labute approximate surface area is 151 Å². The van der Waals surface area contributed by atoms with Gasteiger partial charge in [0.25, 0.3) is 5.69 Å². The van der Waals surface area contributed by atoms with Crippen LogP contribution in [0.3, 0.4) is 0 Å². The molecule has 0 spiro atoms. The minimum atomic E-state index is -1.07. The molecule has 26 heavy (non-hydrogen) atoms. The van der Waals surface area contributed by atoms with Gasteiger partial charge in [0.1, 0.15) is 0 Å². The lowest BCUT2D eigenvalue weighted by atomic mass is 10.0. The molecule has 0 aliphatic heterocycles. The Balaban J connectivity index is 1.85. The topological polar surface area (TPSA) is 145 Å². The predicted molar refractivity (Wildman–Crippen MR) is 97.2 cm³/mol. The van der Waals surface area contributed by atoms with Gasteiger partial charge in [0.15, 0.2) is 0 Å². The largest absolute Gasteiger partial charge is 0.387 e. The Morgan fingerprint density at radius 1 is 1.12 bits per heavy atom. The number of hydrogen-bond acceptors (Lipinski definition) is 6. The molecule has 8 nitrogen and oxygen atoms in total. The third-order valence-electron chi connectivity index (χ3n) is 4.00. The fourth-order valence-electron chi connectivity index (χ4n) is 2.46. The van der Waals surface area contributed by atoms with Gasteiger partial charge in [-0.1, -0.05) is 30.3 Å². The standard InChI is InChI=1S/C18H22N4O4/c19-15(10-12-4-2-1-3-5-12)18(24)21-11-16(20)17(23)13-6-8-14(9-7-13)22(25)26/h1-9,15-17,23H,10-11,19-20H2,(H,21,24)/t15-,16-,17-/m0/s1. The van der Waals surface area contributed by atoms with E-state index in [-0.39, 0.29) is 18.1 Å². The smallest absolute Gasteiger partial charge is 0.269 e. The number of nitro groups is 1. The number of amides is 1. The van der Waals surface area contributed by atoms with Crippen LogP contribution in [-0.4, -0.2) is 34.6 Å². The van der Waals surface area contributed by atoms with Crippen molar-refractivity contribution in [2.24, 2.45) is 11.5 Å². The summed E-state index contributed by atoms with van der Waals surface area (Å²) in [6.45, 7) is 0.0273. The Kier molecular flexibility index (Phi) is 6.79. The normalized spacial score (nSPS) is 14.3. The van der Waals surface area contributed by atoms with E-state index in [0.717, 1.165) is 5.56 Å². The lowest BCUT2D eigenvalue weighted by Crippen LogP contribution is -2.47. The fourth-order valence-corrected chi connectivity index (χ4v) is 2.46. The molecule has 0 unspecified atom stereocenters. The van der Waals surface area contributed by atoms with Crippen molar-refractivity contribution in [3.63, 3.8) is 0 Å². The number of carbonyl (C=O) groups is 1. The number of nitrogens with one attached hydrogen (secondary N) is 1. The lowest BCUT2D eigenvalue weighted by molar-refractivity contribution is -0.384. The summed E-state index contributed by atoms with van der Waals surface area (Å²) in [6, 6.07) is 13.4. The number of rotatable bonds is 8. The van der Waals surface area contributed by atoms with Crippen molar-refractivity contribution < 1.29 is 14.8 Å². The highest BCUT2D eigenvalue weighted by molar-refractivity contribution is 5.81. The van der Waals surface area contributed by atoms with Gasteiger partial charge in [0.05, 0.1) is 23.1 Å². The molecule has 2 rings (SSSR count). The number of nitrogens with zero attached hydrogens (tertiary/aromatic N) is 1. The molecule has 0 saturated carbocycles. The van der Waals surface area contributed by atoms with Crippen molar-refractivity contribution in [2.45, 2.75) is 24.6 Å². The average Bonchev–Trinajstić information content (AvgIpc) is 2.66. The first-order valence-electron chi connectivity index (χ1n) is 8.13. The minimum Gasteiger partial charge on any atom is -0.387 e. The number of nitro benzene ring substituents is 1. The molecule has 0 aliphatic rings. The van der Waals surface area contributed by atoms with Gasteiger partial charge in [0.2, 0.25) is 5.91 Å². The number of aliphatic hydroxyl groups excluding tert-OH is 1. The SMILES string of the molecule is N[C@@H](Cc1ccccc1)C(=O)NC[C@H](N)[C@@H](O)c1ccc([N+](=O)[O-])cc1. The van der Waals surface area contributed by atoms with Crippen LogP contribution in [0.4, 0.5) is 5.69 Å². The fraction of sp³-hybridized carbons (Fsp3) is 0.278. The van der Waals surface area contributed by atoms with E-state index in [4.69, 9.17) is 11.5 Å². The Morgan fingerprint density at radius 2 is 1.73 bits per heavy atom. The molecule has 3 atom stereocenters. The number of nitrogens with two attached hydrogens (primary N) is 2. The van der Waals surface area contributed by atoms with Gasteiger partial charge in [-0.2, -0.15) is 0 Å². The molecule has 0 saturated heterocycles. The van der Waals surface area contributed by atoms with E-state index >= 15 is 0 Å². The van der Waals surface area contributed by atoms with Gasteiger partial charge in [-0.25, -0.2) is 0 Å². The number of carbonyl (C=O) groups excluding carboxylic acids is 1. The predicted octanol–water partition coefficient (Wildman–Crippen LogP) is 0.642. The van der Waals surface area contributed by atoms with Crippen molar-refractivity contribution >= 4 is 11.6 Å². The zero-order valence-electron chi connectivity index (χ0n) is 14.1. The molecule has 6 N–H and O–H groups in total. The highest BCUT2D eigenvalue weighted by atomic mass is 16.6. The van der Waals surface area contributed by atoms with Crippen molar-refractivity contribution in [3.8, 4) is 0 Å². The molecule has 0 aromatic heterocycles. The van der Waals surface area contributed by atoms with E-state index in [1.54, 1.807) is 0 Å². The summed E-state index contributed by atoms with van der Waals surface area (Å²) in [5.41, 5.74) is 13.1. The summed E-state index contributed by atoms with van der Waals surface area (Å²) in [5.74, 6) is -0.361. The Bertz CT molecular complexity index is 737. The second-order valence-electron chi connectivity index (χ2n) is 6.00. The zero-order valence-corrected chi connectivity index (χ0v) is 14.1. The minimum absolute atomic E-state index is 0.0273. The molecule has 8 heteroatoms. The summed E-state index contributed by atoms with van der Waals surface area (Å²) in [4.78, 5) is 22.2. The monoisotopic (exact) mass is 358 g/mol. The number of non-ortho nitro benzene ring substituents is 1. The second kappa shape index (κ2) is 9.04. The van der Waals surface area contributed by atoms with Crippen LogP contribution in [0, 0.1) is 10.1 Å². The first kappa shape index (κ1) is 19.5. The highest BCUT2D eigenvalue weighted by Crippen LogP contribution is 2.19. The van der Waals surface area contributed by atoms with Crippen LogP contribution in [0.1, 0.15) is 17.2 Å². The van der Waals surface area contributed by atoms with E-state index in [9.17, 15) is 20.0 Å². The number of aliphatic hydroxyl groups is 1. The summed E-state index contributed by atoms with van der Waals surface area (Å²) < 4.78 is 0. The quantitative estimate of drug-likeness (QED) is 0.402. The number of benzene rings is 2. The third-order valence-corrected chi connectivity index (χ3v) is 4.00. The van der Waals surface area contributed by atoms with Crippen molar-refractivity contribution in [2.75, 3.05) is 6.54 Å². The molecule has 0 aliphatic carbocycles. The van der Waals surface area contributed by atoms with Crippen molar-refractivity contribution in [1.82, 2.24) is 5.32 Å². The molecule has 138 valence electrons. The molecule has 0 radical (unpaired) electrons. The first-order valence-corrected chi connectivity index (χ1v) is 8.13. The summed E-state index contributed by atoms with van der Waals surface area (Å²) >= 11 is 0. The maximum absolute atomic E-state index is 12.1. The van der Waals surface area contributed by atoms with E-state index in [1.807, 2.05) is 30.3 Å². The van der Waals surface area contributed by atoms with Crippen LogP contribution >= 0.6 is 0 Å². The van der Waals surface area contributed by atoms with Crippen LogP contribution in [0.2, 0.25) is 0 Å². The van der Waals surface area contributed by atoms with Gasteiger partial charge in [-0.15, -0.1) is 0 Å². The number of hydrogen-bond donors (Lipinski definition) is 4. The molecule has 0 bridgehead atoms. The summed E-state index contributed by atoms with van der Waals surface area (Å²) in [5, 5.41) is 23.5. The van der Waals surface area contributed by atoms with E-state index in [1.165, 1.54) is 24.3 Å². The van der Waals surface area contributed by atoms with Crippen molar-refractivity contribution in [3.05, 3.63) is 75.8 Å². The Hall–Kier alpha value is -2.81. The van der Waals surface area contributed by atoms with E-state index in [2.05, 4.69) is 5.32 Å². The van der Waals surface area contributed by atoms with Crippen LogP contribution in [0.5, 0.6) is 0 Å². The summed E-state index contributed by atoms with van der Waals surface area (Å²) in [7, 11) is 0. The van der Waals surface area contributed by atoms with Gasteiger partial charge in [-0.05, 0) is 29.7 Å². The van der Waals surface area contributed by atoms with E-state index < -0.39 is 23.1 Å². The third kappa shape index (κ3) is 5.35. The van der Waals surface area contributed by atoms with Crippen molar-refractivity contribution in [1.29, 1.82) is 0 Å². The van der Waals surface area contributed by atoms with E-state index in [0.29, 0.717) is 12.0 Å². The van der Waals surface area contributed by atoms with Crippen LogP contribution < -0.4 is 16.8 Å². The lowest BCUT2D eigenvalue weighted by Gasteiger charge is -2.21. The first-order chi connectivity index (χ1) is 12.4. The molecule has 1 amide bonds. The van der Waals surface area contributed by atoms with Gasteiger partial charge < -0.3 is 21.9 Å². The molecule has 0 fully saturated rings.